The number of nitrogens with one attached hydrogen (secondary N) is 2. The van der Waals surface area contributed by atoms with E-state index in [4.69, 9.17) is 4.74 Å². The van der Waals surface area contributed by atoms with Crippen molar-refractivity contribution in [3.8, 4) is 0 Å². The zero-order chi connectivity index (χ0) is 15.9. The molecule has 2 N–H and O–H groups in total. The van der Waals surface area contributed by atoms with Gasteiger partial charge in [0.2, 0.25) is 0 Å². The third-order valence-corrected chi connectivity index (χ3v) is 4.41. The number of aromatic nitrogens is 2. The average Bonchev–Trinajstić information content (AvgIpc) is 2.94. The Morgan fingerprint density at radius 3 is 3.00 bits per heavy atom. The third-order valence-electron chi connectivity index (χ3n) is 4.41. The van der Waals surface area contributed by atoms with Gasteiger partial charge in [0.25, 0.3) is 0 Å². The highest BCUT2D eigenvalue weighted by molar-refractivity contribution is 5.74. The largest absolute Gasteiger partial charge is 0.383 e. The van der Waals surface area contributed by atoms with Crippen LogP contribution in [0.3, 0.4) is 0 Å². The first-order chi connectivity index (χ1) is 10.6. The minimum atomic E-state index is -0.0870. The van der Waals surface area contributed by atoms with Crippen molar-refractivity contribution in [2.24, 2.45) is 11.8 Å². The summed E-state index contributed by atoms with van der Waals surface area (Å²) in [5, 5.41) is 10.2. The molecule has 6 nitrogen and oxygen atoms in total. The van der Waals surface area contributed by atoms with Gasteiger partial charge in [-0.25, -0.2) is 4.79 Å². The van der Waals surface area contributed by atoms with Gasteiger partial charge in [-0.15, -0.1) is 0 Å². The number of amides is 2. The fourth-order valence-electron chi connectivity index (χ4n) is 3.09. The first-order valence-electron chi connectivity index (χ1n) is 8.13. The van der Waals surface area contributed by atoms with Gasteiger partial charge in [-0.2, -0.15) is 5.10 Å². The van der Waals surface area contributed by atoms with Crippen molar-refractivity contribution >= 4 is 6.03 Å². The van der Waals surface area contributed by atoms with Gasteiger partial charge in [0.05, 0.1) is 19.3 Å². The number of ether oxygens (including phenoxy) is 1. The smallest absolute Gasteiger partial charge is 0.315 e. The highest BCUT2D eigenvalue weighted by atomic mass is 16.5. The van der Waals surface area contributed by atoms with Crippen molar-refractivity contribution in [2.75, 3.05) is 13.7 Å². The van der Waals surface area contributed by atoms with E-state index in [0.29, 0.717) is 25.1 Å². The van der Waals surface area contributed by atoms with E-state index in [1.165, 1.54) is 12.8 Å². The van der Waals surface area contributed by atoms with Crippen LogP contribution in [0.15, 0.2) is 12.4 Å². The topological polar surface area (TPSA) is 68.2 Å². The summed E-state index contributed by atoms with van der Waals surface area (Å²) in [6, 6.07) is 0.205. The maximum atomic E-state index is 12.0. The van der Waals surface area contributed by atoms with E-state index < -0.39 is 0 Å². The van der Waals surface area contributed by atoms with Crippen LogP contribution in [-0.2, 0) is 17.8 Å². The molecule has 0 aliphatic heterocycles. The Balaban J connectivity index is 1.72. The van der Waals surface area contributed by atoms with Gasteiger partial charge in [-0.05, 0) is 31.1 Å². The predicted molar refractivity (Wildman–Crippen MR) is 85.4 cm³/mol. The summed E-state index contributed by atoms with van der Waals surface area (Å²) in [5.74, 6) is 1.32. The van der Waals surface area contributed by atoms with Crippen molar-refractivity contribution in [3.05, 3.63) is 18.0 Å². The van der Waals surface area contributed by atoms with E-state index >= 15 is 0 Å². The summed E-state index contributed by atoms with van der Waals surface area (Å²) in [6.45, 7) is 6.36. The molecule has 1 aliphatic rings. The Bertz CT molecular complexity index is 474. The lowest BCUT2D eigenvalue weighted by Crippen LogP contribution is -2.46. The van der Waals surface area contributed by atoms with Crippen molar-refractivity contribution in [3.63, 3.8) is 0 Å². The molecule has 0 saturated heterocycles. The molecule has 22 heavy (non-hydrogen) atoms. The molecule has 3 atom stereocenters. The van der Waals surface area contributed by atoms with E-state index in [9.17, 15) is 4.79 Å². The van der Waals surface area contributed by atoms with Gasteiger partial charge in [0, 0.05) is 31.5 Å². The lowest BCUT2D eigenvalue weighted by atomic mass is 9.80. The Labute approximate surface area is 132 Å². The Hall–Kier alpha value is -1.56. The lowest BCUT2D eigenvalue weighted by Gasteiger charge is -2.33. The standard InChI is InChI=1S/C16H28N4O2/c1-12-4-5-15(13(2)8-12)19-16(21)17-9-14-10-18-20(11-14)6-7-22-3/h10-13,15H,4-9H2,1-3H3,(H2,17,19,21)/t12-,13-,15+/m0/s1. The summed E-state index contributed by atoms with van der Waals surface area (Å²) in [4.78, 5) is 12.0. The summed E-state index contributed by atoms with van der Waals surface area (Å²) < 4.78 is 6.84. The molecule has 1 aromatic heterocycles. The molecule has 6 heteroatoms. The first-order valence-corrected chi connectivity index (χ1v) is 8.13. The number of hydrogen-bond donors (Lipinski definition) is 2. The number of carbonyl (C=O) groups is 1. The van der Waals surface area contributed by atoms with Crippen LogP contribution in [0.4, 0.5) is 4.79 Å². The van der Waals surface area contributed by atoms with E-state index in [-0.39, 0.29) is 6.03 Å². The molecule has 1 fully saturated rings. The molecule has 2 amide bonds. The van der Waals surface area contributed by atoms with Crippen LogP contribution in [-0.4, -0.2) is 35.6 Å². The maximum Gasteiger partial charge on any atom is 0.315 e. The van der Waals surface area contributed by atoms with Crippen LogP contribution < -0.4 is 10.6 Å². The summed E-state index contributed by atoms with van der Waals surface area (Å²) in [7, 11) is 1.67. The van der Waals surface area contributed by atoms with Gasteiger partial charge in [-0.3, -0.25) is 4.68 Å². The second-order valence-electron chi connectivity index (χ2n) is 6.43. The van der Waals surface area contributed by atoms with Gasteiger partial charge >= 0.3 is 6.03 Å². The fourth-order valence-corrected chi connectivity index (χ4v) is 3.09. The molecule has 0 bridgehead atoms. The zero-order valence-corrected chi connectivity index (χ0v) is 13.8. The molecular formula is C16H28N4O2. The fraction of sp³-hybridized carbons (Fsp3) is 0.750. The van der Waals surface area contributed by atoms with E-state index in [1.807, 2.05) is 10.9 Å². The molecule has 0 aromatic carbocycles. The van der Waals surface area contributed by atoms with Crippen molar-refractivity contribution in [1.82, 2.24) is 20.4 Å². The molecular weight excluding hydrogens is 280 g/mol. The molecule has 2 rings (SSSR count). The number of rotatable bonds is 6. The monoisotopic (exact) mass is 308 g/mol. The van der Waals surface area contributed by atoms with Crippen LogP contribution in [0.25, 0.3) is 0 Å². The molecule has 0 radical (unpaired) electrons. The number of carbonyl (C=O) groups excluding carboxylic acids is 1. The van der Waals surface area contributed by atoms with Crippen molar-refractivity contribution < 1.29 is 9.53 Å². The molecule has 1 saturated carbocycles. The quantitative estimate of drug-likeness (QED) is 0.846. The summed E-state index contributed by atoms with van der Waals surface area (Å²) in [5.41, 5.74) is 0.997. The molecule has 0 unspecified atom stereocenters. The summed E-state index contributed by atoms with van der Waals surface area (Å²) in [6.07, 6.45) is 7.18. The molecule has 1 aliphatic carbocycles. The second kappa shape index (κ2) is 8.17. The SMILES string of the molecule is COCCn1cc(CNC(=O)N[C@@H]2CC[C@H](C)C[C@@H]2C)cn1. The zero-order valence-electron chi connectivity index (χ0n) is 13.8. The van der Waals surface area contributed by atoms with Gasteiger partial charge < -0.3 is 15.4 Å². The Morgan fingerprint density at radius 2 is 2.27 bits per heavy atom. The van der Waals surface area contributed by atoms with E-state index in [1.54, 1.807) is 13.3 Å². The molecule has 1 heterocycles. The lowest BCUT2D eigenvalue weighted by molar-refractivity contribution is 0.183. The number of methoxy groups -OCH3 is 1. The van der Waals surface area contributed by atoms with Crippen molar-refractivity contribution in [2.45, 2.75) is 52.2 Å². The molecule has 1 aromatic rings. The average molecular weight is 308 g/mol. The van der Waals surface area contributed by atoms with Crippen molar-refractivity contribution in [1.29, 1.82) is 0 Å². The Kier molecular flexibility index (Phi) is 6.24. The van der Waals surface area contributed by atoms with Crippen LogP contribution in [0.1, 0.15) is 38.7 Å². The van der Waals surface area contributed by atoms with Gasteiger partial charge in [0.1, 0.15) is 0 Å². The van der Waals surface area contributed by atoms with E-state index in [0.717, 1.165) is 24.4 Å². The maximum absolute atomic E-state index is 12.0. The first kappa shape index (κ1) is 16.8. The highest BCUT2D eigenvalue weighted by Crippen LogP contribution is 2.28. The van der Waals surface area contributed by atoms with Crippen LogP contribution in [0, 0.1) is 11.8 Å². The predicted octanol–water partition coefficient (Wildman–Crippen LogP) is 2.15. The molecule has 0 spiro atoms. The minimum absolute atomic E-state index is 0.0870. The Morgan fingerprint density at radius 1 is 1.45 bits per heavy atom. The van der Waals surface area contributed by atoms with Crippen LogP contribution >= 0.6 is 0 Å². The minimum Gasteiger partial charge on any atom is -0.383 e. The highest BCUT2D eigenvalue weighted by Gasteiger charge is 2.26. The summed E-state index contributed by atoms with van der Waals surface area (Å²) >= 11 is 0. The number of hydrogen-bond acceptors (Lipinski definition) is 3. The van der Waals surface area contributed by atoms with E-state index in [2.05, 4.69) is 29.6 Å². The van der Waals surface area contributed by atoms with Gasteiger partial charge in [0.15, 0.2) is 0 Å². The van der Waals surface area contributed by atoms with Crippen LogP contribution in [0.5, 0.6) is 0 Å². The van der Waals surface area contributed by atoms with Crippen LogP contribution in [0.2, 0.25) is 0 Å². The third kappa shape index (κ3) is 5.02. The number of urea groups is 1. The number of nitrogens with zero attached hydrogens (tertiary/aromatic N) is 2. The molecule has 124 valence electrons. The normalized spacial score (nSPS) is 25.0. The second-order valence-corrected chi connectivity index (χ2v) is 6.43. The van der Waals surface area contributed by atoms with Gasteiger partial charge in [-0.1, -0.05) is 13.8 Å².